The lowest BCUT2D eigenvalue weighted by Gasteiger charge is -2.35. The summed E-state index contributed by atoms with van der Waals surface area (Å²) < 4.78 is 0. The molecule has 0 aliphatic heterocycles. The molecule has 8 aliphatic carbocycles. The molecule has 0 unspecified atom stereocenters. The Morgan fingerprint density at radius 3 is 0.649 bits per heavy atom. The molecular formula is C112H124N2. The molecule has 0 radical (unpaired) electrons. The minimum absolute atomic E-state index is 0.565. The summed E-state index contributed by atoms with van der Waals surface area (Å²) in [5.41, 5.74) is 28.5. The number of hydrogen-bond acceptors (Lipinski definition) is 2. The molecule has 2 nitrogen and oxygen atoms in total. The summed E-state index contributed by atoms with van der Waals surface area (Å²) >= 11 is 0. The van der Waals surface area contributed by atoms with Gasteiger partial charge in [-0.05, 0) is 310 Å². The second-order valence-corrected chi connectivity index (χ2v) is 37.6. The van der Waals surface area contributed by atoms with Crippen LogP contribution < -0.4 is 9.80 Å². The van der Waals surface area contributed by atoms with Gasteiger partial charge in [-0.1, -0.05) is 312 Å². The Hall–Kier alpha value is -8.72. The number of rotatable bonds is 17. The maximum atomic E-state index is 2.93. The molecule has 20 rings (SSSR count). The Kier molecular flexibility index (Phi) is 22.0. The molecule has 0 saturated heterocycles. The first kappa shape index (κ1) is 74.1. The van der Waals surface area contributed by atoms with Gasteiger partial charge in [-0.25, -0.2) is 0 Å². The van der Waals surface area contributed by atoms with E-state index in [0.717, 1.165) is 0 Å². The molecule has 0 heterocycles. The van der Waals surface area contributed by atoms with Crippen LogP contribution in [-0.2, 0) is 0 Å². The van der Waals surface area contributed by atoms with Crippen LogP contribution in [0.15, 0.2) is 218 Å². The van der Waals surface area contributed by atoms with Crippen molar-refractivity contribution in [3.8, 4) is 33.4 Å². The molecule has 0 atom stereocenters. The smallest absolute Gasteiger partial charge is 0.0619 e. The van der Waals surface area contributed by atoms with Crippen LogP contribution in [0.4, 0.5) is 34.1 Å². The van der Waals surface area contributed by atoms with Crippen molar-refractivity contribution >= 4 is 77.2 Å². The van der Waals surface area contributed by atoms with Gasteiger partial charge in [-0.3, -0.25) is 0 Å². The fourth-order valence-corrected chi connectivity index (χ4v) is 24.3. The zero-order chi connectivity index (χ0) is 75.7. The molecular weight excluding hydrogens is 1370 g/mol. The number of fused-ring (bicyclic) bond motifs is 4. The van der Waals surface area contributed by atoms with Gasteiger partial charge in [-0.2, -0.15) is 0 Å². The molecule has 8 aliphatic rings. The van der Waals surface area contributed by atoms with E-state index >= 15 is 0 Å². The summed E-state index contributed by atoms with van der Waals surface area (Å²) in [4.78, 5) is 5.85. The second kappa shape index (κ2) is 33.8. The predicted molar refractivity (Wildman–Crippen MR) is 489 cm³/mol. The fraction of sp³-hybridized carbons (Fsp3) is 0.429. The summed E-state index contributed by atoms with van der Waals surface area (Å²) in [6.07, 6.45) is 52.6. The van der Waals surface area contributed by atoms with Crippen LogP contribution in [0, 0.1) is 0 Å². The highest BCUT2D eigenvalue weighted by atomic mass is 15.2. The number of nitrogens with zero attached hydrogens (tertiary/aromatic N) is 2. The van der Waals surface area contributed by atoms with Crippen molar-refractivity contribution in [1.29, 1.82) is 0 Å². The quantitative estimate of drug-likeness (QED) is 0.0839. The summed E-state index contributed by atoms with van der Waals surface area (Å²) in [5.74, 6) is 4.54. The third-order valence-electron chi connectivity index (χ3n) is 30.4. The van der Waals surface area contributed by atoms with Crippen molar-refractivity contribution in [3.63, 3.8) is 0 Å². The Morgan fingerprint density at radius 2 is 0.368 bits per heavy atom. The van der Waals surface area contributed by atoms with Crippen molar-refractivity contribution in [2.75, 3.05) is 9.80 Å². The highest BCUT2D eigenvalue weighted by Gasteiger charge is 2.35. The minimum Gasteiger partial charge on any atom is -0.309 e. The Morgan fingerprint density at radius 1 is 0.158 bits per heavy atom. The monoisotopic (exact) mass is 1500 g/mol. The zero-order valence-electron chi connectivity index (χ0n) is 68.6. The van der Waals surface area contributed by atoms with Crippen LogP contribution in [-0.4, -0.2) is 0 Å². The molecule has 8 saturated carbocycles. The number of benzene rings is 12. The van der Waals surface area contributed by atoms with Gasteiger partial charge in [0, 0.05) is 44.3 Å². The van der Waals surface area contributed by atoms with Gasteiger partial charge in [0.05, 0.1) is 11.4 Å². The van der Waals surface area contributed by atoms with Gasteiger partial charge < -0.3 is 9.80 Å². The van der Waals surface area contributed by atoms with Crippen LogP contribution in [0.25, 0.3) is 76.5 Å². The van der Waals surface area contributed by atoms with Crippen LogP contribution in [0.2, 0.25) is 0 Å². The molecule has 0 bridgehead atoms. The largest absolute Gasteiger partial charge is 0.309 e. The topological polar surface area (TPSA) is 6.48 Å². The maximum absolute atomic E-state index is 2.93. The van der Waals surface area contributed by atoms with Crippen molar-refractivity contribution in [1.82, 2.24) is 0 Å². The lowest BCUT2D eigenvalue weighted by Crippen LogP contribution is -2.17. The summed E-state index contributed by atoms with van der Waals surface area (Å²) in [6.45, 7) is 0. The molecule has 582 valence electrons. The molecule has 114 heavy (non-hydrogen) atoms. The molecule has 2 heteroatoms. The molecule has 0 amide bonds. The number of anilines is 6. The van der Waals surface area contributed by atoms with Gasteiger partial charge in [0.15, 0.2) is 0 Å². The van der Waals surface area contributed by atoms with Gasteiger partial charge in [0.1, 0.15) is 0 Å². The average molecular weight is 1500 g/mol. The van der Waals surface area contributed by atoms with Crippen LogP contribution in [0.3, 0.4) is 0 Å². The first-order chi connectivity index (χ1) is 56.5. The van der Waals surface area contributed by atoms with Crippen molar-refractivity contribution in [2.24, 2.45) is 0 Å². The van der Waals surface area contributed by atoms with E-state index in [9.17, 15) is 0 Å². The summed E-state index contributed by atoms with van der Waals surface area (Å²) in [5, 5.41) is 10.6. The highest BCUT2D eigenvalue weighted by molar-refractivity contribution is 6.31. The Balaban J connectivity index is 0.907. The van der Waals surface area contributed by atoms with E-state index in [1.807, 2.05) is 0 Å². The van der Waals surface area contributed by atoms with Gasteiger partial charge in [0.25, 0.3) is 0 Å². The summed E-state index contributed by atoms with van der Waals surface area (Å²) in [7, 11) is 0. The fourth-order valence-electron chi connectivity index (χ4n) is 24.3. The molecule has 12 aromatic rings. The van der Waals surface area contributed by atoms with E-state index in [1.54, 1.807) is 44.5 Å². The van der Waals surface area contributed by atoms with E-state index < -0.39 is 0 Å². The van der Waals surface area contributed by atoms with Crippen molar-refractivity contribution in [3.05, 3.63) is 263 Å². The standard InChI is InChI=1S/C112H124N2/c1-11-35-77(36-12-1)87-60-62-106-107(75-87)110(102-56-32-33-57-104(102)111(106)113(97-67-89(79-39-15-3-16-40-79)63-90(68-97)80-41-17-4-18-42-80)98-69-91(81-43-19-5-20-44-81)64-92(70-98)82-45-21-6-22-46-82)109-101-55-31-34-58-105(101)112(108-76-88(59-61-103(108)109)78-37-13-2-14-38-78)114(99-71-93(83-47-23-7-24-48-83)65-94(72-99)84-49-25-8-26-50-84)100-73-95(85-51-27-9-28-52-85)66-96(74-100)86-53-29-10-30-54-86/h1-2,11-14,31-38,55-76,79-86H,3-10,15-30,39-54H2. The first-order valence-electron chi connectivity index (χ1n) is 46.8. The van der Waals surface area contributed by atoms with Crippen LogP contribution >= 0.6 is 0 Å². The Bertz CT molecular complexity index is 5050. The van der Waals surface area contributed by atoms with Gasteiger partial charge in [0.2, 0.25) is 0 Å². The van der Waals surface area contributed by atoms with E-state index in [0.29, 0.717) is 47.3 Å². The molecule has 8 fully saturated rings. The first-order valence-corrected chi connectivity index (χ1v) is 46.8. The second-order valence-electron chi connectivity index (χ2n) is 37.6. The minimum atomic E-state index is 0.565. The van der Waals surface area contributed by atoms with Gasteiger partial charge in [-0.15, -0.1) is 0 Å². The highest BCUT2D eigenvalue weighted by Crippen LogP contribution is 2.58. The van der Waals surface area contributed by atoms with E-state index in [2.05, 4.69) is 228 Å². The van der Waals surface area contributed by atoms with Crippen molar-refractivity contribution < 1.29 is 0 Å². The third-order valence-corrected chi connectivity index (χ3v) is 30.4. The lowest BCUT2D eigenvalue weighted by atomic mass is 9.78. The predicted octanol–water partition coefficient (Wildman–Crippen LogP) is 34.6. The van der Waals surface area contributed by atoms with Crippen LogP contribution in [0.1, 0.15) is 349 Å². The van der Waals surface area contributed by atoms with Crippen molar-refractivity contribution in [2.45, 2.75) is 304 Å². The maximum Gasteiger partial charge on any atom is 0.0619 e. The zero-order valence-corrected chi connectivity index (χ0v) is 68.6. The average Bonchev–Trinajstić information content (AvgIpc) is 0.701. The van der Waals surface area contributed by atoms with E-state index in [-0.39, 0.29) is 0 Å². The molecule has 12 aromatic carbocycles. The molecule has 0 N–H and O–H groups in total. The SMILES string of the molecule is c1ccc(-c2ccc3c(N(c4cc(C5CCCCC5)cc(C5CCCCC5)c4)c4cc(C5CCCCC5)cc(C5CCCCC5)c4)c4ccccc4c(-c4c5ccccc5c(N(c5cc(C6CCCCC6)cc(C6CCCCC6)c5)c5cc(C6CCCCC6)cc(C6CCCCC6)c5)c5cc(-c6ccccc6)ccc45)c3c2)cc1. The third kappa shape index (κ3) is 15.1. The lowest BCUT2D eigenvalue weighted by molar-refractivity contribution is 0.435. The van der Waals surface area contributed by atoms with Crippen LogP contribution in [0.5, 0.6) is 0 Å². The van der Waals surface area contributed by atoms with E-state index in [4.69, 9.17) is 0 Å². The summed E-state index contributed by atoms with van der Waals surface area (Å²) in [6, 6.07) is 91.3. The Labute approximate surface area is 683 Å². The van der Waals surface area contributed by atoms with Gasteiger partial charge >= 0.3 is 0 Å². The molecule has 0 aromatic heterocycles. The molecule has 0 spiro atoms. The number of hydrogen-bond donors (Lipinski definition) is 0. The normalized spacial score (nSPS) is 19.5. The van der Waals surface area contributed by atoms with E-state index in [1.165, 1.54) is 367 Å².